The number of anilines is 1. The van der Waals surface area contributed by atoms with Crippen molar-refractivity contribution in [2.24, 2.45) is 0 Å². The molecular weight excluding hydrogens is 326 g/mol. The fourth-order valence-electron chi connectivity index (χ4n) is 2.02. The maximum Gasteiger partial charge on any atom is 0.262 e. The highest BCUT2D eigenvalue weighted by Crippen LogP contribution is 2.34. The summed E-state index contributed by atoms with van der Waals surface area (Å²) in [5, 5.41) is 0.327. The molecule has 0 amide bonds. The van der Waals surface area contributed by atoms with Crippen LogP contribution >= 0.6 is 11.6 Å². The Labute approximate surface area is 134 Å². The van der Waals surface area contributed by atoms with Gasteiger partial charge in [-0.1, -0.05) is 17.7 Å². The van der Waals surface area contributed by atoms with Crippen LogP contribution in [0.2, 0.25) is 5.02 Å². The van der Waals surface area contributed by atoms with E-state index in [1.165, 1.54) is 26.4 Å². The first-order valence-corrected chi connectivity index (χ1v) is 8.25. The van der Waals surface area contributed by atoms with Gasteiger partial charge in [-0.05, 0) is 42.8 Å². The predicted octanol–water partition coefficient (Wildman–Crippen LogP) is 3.47. The second-order valence-corrected chi connectivity index (χ2v) is 6.65. The smallest absolute Gasteiger partial charge is 0.262 e. The number of nitrogens with one attached hydrogen (secondary N) is 1. The number of sulfonamides is 1. The Kier molecular flexibility index (Phi) is 4.83. The molecule has 0 saturated heterocycles. The van der Waals surface area contributed by atoms with Gasteiger partial charge >= 0.3 is 0 Å². The summed E-state index contributed by atoms with van der Waals surface area (Å²) in [5.74, 6) is 0.900. The summed E-state index contributed by atoms with van der Waals surface area (Å²) in [4.78, 5) is 0.132. The number of methoxy groups -OCH3 is 2. The Balaban J connectivity index is 2.40. The Morgan fingerprint density at radius 3 is 2.41 bits per heavy atom. The summed E-state index contributed by atoms with van der Waals surface area (Å²) < 4.78 is 37.7. The van der Waals surface area contributed by atoms with E-state index in [0.717, 1.165) is 5.56 Å². The molecule has 5 nitrogen and oxygen atoms in total. The number of hydrogen-bond donors (Lipinski definition) is 1. The molecule has 0 spiro atoms. The Hall–Kier alpha value is -1.92. The molecule has 0 bridgehead atoms. The molecule has 0 atom stereocenters. The van der Waals surface area contributed by atoms with Crippen molar-refractivity contribution in [1.82, 2.24) is 0 Å². The van der Waals surface area contributed by atoms with Crippen molar-refractivity contribution >= 4 is 27.3 Å². The minimum atomic E-state index is -3.75. The molecule has 0 aliphatic rings. The molecule has 0 aliphatic heterocycles. The lowest BCUT2D eigenvalue weighted by molar-refractivity contribution is 0.411. The van der Waals surface area contributed by atoms with Crippen LogP contribution in [0.15, 0.2) is 41.3 Å². The molecule has 22 heavy (non-hydrogen) atoms. The molecule has 2 aromatic carbocycles. The monoisotopic (exact) mass is 341 g/mol. The van der Waals surface area contributed by atoms with Gasteiger partial charge in [-0.25, -0.2) is 8.42 Å². The zero-order valence-corrected chi connectivity index (χ0v) is 14.0. The van der Waals surface area contributed by atoms with Gasteiger partial charge in [0.15, 0.2) is 5.75 Å². The molecule has 0 aromatic heterocycles. The van der Waals surface area contributed by atoms with E-state index < -0.39 is 10.0 Å². The topological polar surface area (TPSA) is 64.6 Å². The fraction of sp³-hybridized carbons (Fsp3) is 0.200. The third-order valence-electron chi connectivity index (χ3n) is 3.09. The van der Waals surface area contributed by atoms with E-state index in [0.29, 0.717) is 10.8 Å². The van der Waals surface area contributed by atoms with Gasteiger partial charge in [0.25, 0.3) is 10.0 Å². The number of rotatable bonds is 5. The summed E-state index contributed by atoms with van der Waals surface area (Å²) in [6, 6.07) is 9.47. The number of benzene rings is 2. The first-order chi connectivity index (χ1) is 10.4. The van der Waals surface area contributed by atoms with Crippen molar-refractivity contribution in [2.75, 3.05) is 18.9 Å². The van der Waals surface area contributed by atoms with Crippen LogP contribution in [0.1, 0.15) is 5.56 Å². The molecule has 1 N–H and O–H groups in total. The van der Waals surface area contributed by atoms with Crippen LogP contribution in [0.3, 0.4) is 0 Å². The van der Waals surface area contributed by atoms with Gasteiger partial charge in [0, 0.05) is 0 Å². The number of ether oxygens (including phenoxy) is 2. The molecule has 2 rings (SSSR count). The third kappa shape index (κ3) is 3.28. The van der Waals surface area contributed by atoms with E-state index in [1.54, 1.807) is 31.2 Å². The molecule has 0 saturated carbocycles. The van der Waals surface area contributed by atoms with Gasteiger partial charge in [-0.3, -0.25) is 4.72 Å². The Morgan fingerprint density at radius 2 is 1.82 bits per heavy atom. The lowest BCUT2D eigenvalue weighted by Crippen LogP contribution is -2.14. The molecule has 0 radical (unpaired) electrons. The molecule has 2 aromatic rings. The number of halogens is 1. The normalized spacial score (nSPS) is 11.1. The number of hydrogen-bond acceptors (Lipinski definition) is 4. The predicted molar refractivity (Wildman–Crippen MR) is 86.5 cm³/mol. The summed E-state index contributed by atoms with van der Waals surface area (Å²) >= 11 is 5.99. The highest BCUT2D eigenvalue weighted by Gasteiger charge is 2.18. The molecule has 7 heteroatoms. The largest absolute Gasteiger partial charge is 0.496 e. The van der Waals surface area contributed by atoms with Crippen molar-refractivity contribution in [3.8, 4) is 11.5 Å². The van der Waals surface area contributed by atoms with E-state index in [9.17, 15) is 8.42 Å². The van der Waals surface area contributed by atoms with Crippen LogP contribution in [0.25, 0.3) is 0 Å². The maximum atomic E-state index is 12.5. The van der Waals surface area contributed by atoms with E-state index in [4.69, 9.17) is 21.1 Å². The van der Waals surface area contributed by atoms with E-state index >= 15 is 0 Å². The Bertz CT molecular complexity index is 790. The molecule has 118 valence electrons. The fourth-order valence-corrected chi connectivity index (χ4v) is 3.42. The van der Waals surface area contributed by atoms with Gasteiger partial charge in [0.05, 0.1) is 29.8 Å². The average Bonchev–Trinajstić information content (AvgIpc) is 2.47. The van der Waals surface area contributed by atoms with Crippen LogP contribution in [0, 0.1) is 6.92 Å². The van der Waals surface area contributed by atoms with Crippen LogP contribution in [0.4, 0.5) is 5.69 Å². The van der Waals surface area contributed by atoms with E-state index in [2.05, 4.69) is 4.72 Å². The first-order valence-electron chi connectivity index (χ1n) is 6.39. The zero-order valence-electron chi connectivity index (χ0n) is 12.4. The minimum Gasteiger partial charge on any atom is -0.496 e. The molecule has 0 aliphatic carbocycles. The highest BCUT2D eigenvalue weighted by molar-refractivity contribution is 7.92. The average molecular weight is 342 g/mol. The standard InChI is InChI=1S/C15H16ClNO4S/c1-10-9-11(7-8-14(10)20-2)22(18,19)17-13-6-4-5-12(16)15(13)21-3/h4-9,17H,1-3H3. The van der Waals surface area contributed by atoms with Crippen molar-refractivity contribution in [3.63, 3.8) is 0 Å². The van der Waals surface area contributed by atoms with Crippen LogP contribution in [0.5, 0.6) is 11.5 Å². The summed E-state index contributed by atoms with van der Waals surface area (Å²) in [6.45, 7) is 1.78. The van der Waals surface area contributed by atoms with Crippen LogP contribution < -0.4 is 14.2 Å². The van der Waals surface area contributed by atoms with E-state index in [1.807, 2.05) is 0 Å². The van der Waals surface area contributed by atoms with Crippen molar-refractivity contribution in [1.29, 1.82) is 0 Å². The molecular formula is C15H16ClNO4S. The zero-order chi connectivity index (χ0) is 16.3. The SMILES string of the molecule is COc1ccc(S(=O)(=O)Nc2cccc(Cl)c2OC)cc1C. The minimum absolute atomic E-state index is 0.132. The summed E-state index contributed by atoms with van der Waals surface area (Å²) in [6.07, 6.45) is 0. The highest BCUT2D eigenvalue weighted by atomic mass is 35.5. The quantitative estimate of drug-likeness (QED) is 0.904. The van der Waals surface area contributed by atoms with Crippen LogP contribution in [-0.2, 0) is 10.0 Å². The van der Waals surface area contributed by atoms with Gasteiger partial charge < -0.3 is 9.47 Å². The van der Waals surface area contributed by atoms with Crippen molar-refractivity contribution in [2.45, 2.75) is 11.8 Å². The Morgan fingerprint density at radius 1 is 1.09 bits per heavy atom. The van der Waals surface area contributed by atoms with Gasteiger partial charge in [-0.2, -0.15) is 0 Å². The first kappa shape index (κ1) is 16.5. The molecule has 0 fully saturated rings. The van der Waals surface area contributed by atoms with Gasteiger partial charge in [0.2, 0.25) is 0 Å². The summed E-state index contributed by atoms with van der Waals surface area (Å²) in [7, 11) is -0.794. The summed E-state index contributed by atoms with van der Waals surface area (Å²) in [5.41, 5.74) is 1.01. The second-order valence-electron chi connectivity index (χ2n) is 4.56. The van der Waals surface area contributed by atoms with Crippen LogP contribution in [-0.4, -0.2) is 22.6 Å². The van der Waals surface area contributed by atoms with Crippen molar-refractivity contribution in [3.05, 3.63) is 47.0 Å². The maximum absolute atomic E-state index is 12.5. The third-order valence-corrected chi connectivity index (χ3v) is 4.75. The van der Waals surface area contributed by atoms with E-state index in [-0.39, 0.29) is 16.3 Å². The molecule has 0 unspecified atom stereocenters. The van der Waals surface area contributed by atoms with Gasteiger partial charge in [-0.15, -0.1) is 0 Å². The second kappa shape index (κ2) is 6.46. The van der Waals surface area contributed by atoms with Gasteiger partial charge in [0.1, 0.15) is 5.75 Å². The number of para-hydroxylation sites is 1. The lowest BCUT2D eigenvalue weighted by atomic mass is 10.2. The number of aryl methyl sites for hydroxylation is 1. The lowest BCUT2D eigenvalue weighted by Gasteiger charge is -2.13. The molecule has 0 heterocycles. The van der Waals surface area contributed by atoms with Crippen molar-refractivity contribution < 1.29 is 17.9 Å².